The lowest BCUT2D eigenvalue weighted by Crippen LogP contribution is -2.21. The molecule has 1 atom stereocenters. The fourth-order valence-corrected chi connectivity index (χ4v) is 3.20. The topological polar surface area (TPSA) is 42.2 Å². The molecule has 0 spiro atoms. The number of rotatable bonds is 6. The van der Waals surface area contributed by atoms with Crippen LogP contribution in [0.3, 0.4) is 0 Å². The Kier molecular flexibility index (Phi) is 4.08. The molecule has 0 amide bonds. The minimum Gasteiger partial charge on any atom is -0.310 e. The first kappa shape index (κ1) is 13.3. The van der Waals surface area contributed by atoms with Crippen LogP contribution in [0.15, 0.2) is 42.3 Å². The van der Waals surface area contributed by atoms with Gasteiger partial charge in [0, 0.05) is 28.9 Å². The quantitative estimate of drug-likeness (QED) is 0.757. The number of hydrogen-bond acceptors (Lipinski definition) is 4. The van der Waals surface area contributed by atoms with Crippen LogP contribution in [0.5, 0.6) is 0 Å². The molecule has 0 bridgehead atoms. The Morgan fingerprint density at radius 3 is 3.15 bits per heavy atom. The van der Waals surface area contributed by atoms with Crippen LogP contribution in [-0.2, 0) is 6.42 Å². The van der Waals surface area contributed by atoms with Crippen LogP contribution in [-0.4, -0.2) is 21.1 Å². The lowest BCUT2D eigenvalue weighted by atomic mass is 10.0. The number of aromatic nitrogens is 3. The summed E-state index contributed by atoms with van der Waals surface area (Å²) in [7, 11) is 0. The Hall–Kier alpha value is -1.72. The molecule has 0 saturated carbocycles. The highest BCUT2D eigenvalue weighted by Gasteiger charge is 2.15. The van der Waals surface area contributed by atoms with Crippen molar-refractivity contribution in [2.45, 2.75) is 25.8 Å². The molecule has 0 aromatic carbocycles. The van der Waals surface area contributed by atoms with Crippen LogP contribution in [0.25, 0.3) is 5.52 Å². The van der Waals surface area contributed by atoms with Gasteiger partial charge in [-0.05, 0) is 30.8 Å². The monoisotopic (exact) mass is 286 g/mol. The summed E-state index contributed by atoms with van der Waals surface area (Å²) in [5.41, 5.74) is 2.32. The van der Waals surface area contributed by atoms with E-state index < -0.39 is 0 Å². The van der Waals surface area contributed by atoms with E-state index in [0.717, 1.165) is 24.9 Å². The van der Waals surface area contributed by atoms with E-state index in [-0.39, 0.29) is 0 Å². The fraction of sp³-hybridized carbons (Fsp3) is 0.333. The van der Waals surface area contributed by atoms with Gasteiger partial charge in [-0.25, -0.2) is 4.52 Å². The molecule has 0 fully saturated rings. The first-order valence-electron chi connectivity index (χ1n) is 6.91. The van der Waals surface area contributed by atoms with Gasteiger partial charge in [-0.1, -0.05) is 13.0 Å². The molecule has 3 aromatic rings. The SMILES string of the molecule is CCNC(CCc1cccs1)c1cnn2ccncc12. The number of nitrogens with zero attached hydrogens (tertiary/aromatic N) is 3. The first-order chi connectivity index (χ1) is 9.88. The summed E-state index contributed by atoms with van der Waals surface area (Å²) < 4.78 is 1.89. The summed E-state index contributed by atoms with van der Waals surface area (Å²) in [5.74, 6) is 0. The van der Waals surface area contributed by atoms with Gasteiger partial charge in [-0.2, -0.15) is 5.10 Å². The lowest BCUT2D eigenvalue weighted by Gasteiger charge is -2.16. The molecule has 0 saturated heterocycles. The average molecular weight is 286 g/mol. The van der Waals surface area contributed by atoms with Gasteiger partial charge in [0.05, 0.1) is 17.9 Å². The number of hydrogen-bond donors (Lipinski definition) is 1. The maximum absolute atomic E-state index is 4.41. The zero-order valence-corrected chi connectivity index (χ0v) is 12.3. The van der Waals surface area contributed by atoms with Crippen molar-refractivity contribution < 1.29 is 0 Å². The largest absolute Gasteiger partial charge is 0.310 e. The van der Waals surface area contributed by atoms with E-state index in [1.165, 1.54) is 10.4 Å². The first-order valence-corrected chi connectivity index (χ1v) is 7.79. The highest BCUT2D eigenvalue weighted by molar-refractivity contribution is 7.09. The Labute approximate surface area is 122 Å². The number of nitrogens with one attached hydrogen (secondary N) is 1. The van der Waals surface area contributed by atoms with Crippen molar-refractivity contribution in [2.75, 3.05) is 6.54 Å². The van der Waals surface area contributed by atoms with E-state index in [1.807, 2.05) is 34.4 Å². The van der Waals surface area contributed by atoms with Crippen LogP contribution in [0.4, 0.5) is 0 Å². The van der Waals surface area contributed by atoms with Crippen LogP contribution >= 0.6 is 11.3 Å². The third-order valence-corrected chi connectivity index (χ3v) is 4.38. The van der Waals surface area contributed by atoms with Gasteiger partial charge in [-0.3, -0.25) is 4.98 Å². The van der Waals surface area contributed by atoms with E-state index >= 15 is 0 Å². The second-order valence-electron chi connectivity index (χ2n) is 4.73. The molecule has 0 aliphatic carbocycles. The Morgan fingerprint density at radius 1 is 1.40 bits per heavy atom. The second kappa shape index (κ2) is 6.15. The van der Waals surface area contributed by atoms with Crippen molar-refractivity contribution in [3.63, 3.8) is 0 Å². The molecule has 0 aliphatic heterocycles. The molecule has 20 heavy (non-hydrogen) atoms. The van der Waals surface area contributed by atoms with Gasteiger partial charge >= 0.3 is 0 Å². The lowest BCUT2D eigenvalue weighted by molar-refractivity contribution is 0.520. The molecule has 3 heterocycles. The third-order valence-electron chi connectivity index (χ3n) is 3.44. The molecule has 1 N–H and O–H groups in total. The standard InChI is InChI=1S/C15H18N4S/c1-2-17-14(6-5-12-4-3-9-20-12)13-10-18-19-8-7-16-11-15(13)19/h3-4,7-11,14,17H,2,5-6H2,1H3. The Bertz CT molecular complexity index is 659. The molecule has 1 unspecified atom stereocenters. The van der Waals surface area contributed by atoms with E-state index in [0.29, 0.717) is 6.04 Å². The summed E-state index contributed by atoms with van der Waals surface area (Å²) >= 11 is 1.82. The van der Waals surface area contributed by atoms with E-state index in [2.05, 4.69) is 39.8 Å². The fourth-order valence-electron chi connectivity index (χ4n) is 2.48. The zero-order valence-electron chi connectivity index (χ0n) is 11.5. The summed E-state index contributed by atoms with van der Waals surface area (Å²) in [6, 6.07) is 4.64. The third kappa shape index (κ3) is 2.73. The number of thiophene rings is 1. The molecule has 104 valence electrons. The minimum absolute atomic E-state index is 0.323. The molecule has 5 heteroatoms. The molecule has 0 radical (unpaired) electrons. The van der Waals surface area contributed by atoms with Gasteiger partial charge in [0.25, 0.3) is 0 Å². The van der Waals surface area contributed by atoms with E-state index in [9.17, 15) is 0 Å². The van der Waals surface area contributed by atoms with E-state index in [1.54, 1.807) is 6.20 Å². The molecule has 3 aromatic heterocycles. The highest BCUT2D eigenvalue weighted by atomic mass is 32.1. The summed E-state index contributed by atoms with van der Waals surface area (Å²) in [6.45, 7) is 3.09. The van der Waals surface area contributed by atoms with Crippen molar-refractivity contribution in [3.05, 3.63) is 52.7 Å². The summed E-state index contributed by atoms with van der Waals surface area (Å²) in [5, 5.41) is 10.1. The van der Waals surface area contributed by atoms with Gasteiger partial charge < -0.3 is 5.32 Å². The molecule has 0 aliphatic rings. The smallest absolute Gasteiger partial charge is 0.0892 e. The number of aryl methyl sites for hydroxylation is 1. The molecular weight excluding hydrogens is 268 g/mol. The number of fused-ring (bicyclic) bond motifs is 1. The van der Waals surface area contributed by atoms with Crippen LogP contribution in [0.2, 0.25) is 0 Å². The molecular formula is C15H18N4S. The predicted molar refractivity (Wildman–Crippen MR) is 82.0 cm³/mol. The van der Waals surface area contributed by atoms with Gasteiger partial charge in [0.2, 0.25) is 0 Å². The van der Waals surface area contributed by atoms with Crippen molar-refractivity contribution >= 4 is 16.9 Å². The Morgan fingerprint density at radius 2 is 2.35 bits per heavy atom. The van der Waals surface area contributed by atoms with Crippen molar-refractivity contribution in [1.29, 1.82) is 0 Å². The zero-order chi connectivity index (χ0) is 13.8. The molecule has 3 rings (SSSR count). The van der Waals surface area contributed by atoms with Crippen molar-refractivity contribution in [2.24, 2.45) is 0 Å². The molecule has 4 nitrogen and oxygen atoms in total. The highest BCUT2D eigenvalue weighted by Crippen LogP contribution is 2.24. The van der Waals surface area contributed by atoms with Gasteiger partial charge in [0.15, 0.2) is 0 Å². The summed E-state index contributed by atoms with van der Waals surface area (Å²) in [4.78, 5) is 5.64. The average Bonchev–Trinajstić information content (AvgIpc) is 3.13. The Balaban J connectivity index is 1.82. The minimum atomic E-state index is 0.323. The summed E-state index contributed by atoms with van der Waals surface area (Å²) in [6.07, 6.45) is 9.66. The van der Waals surface area contributed by atoms with Crippen molar-refractivity contribution in [1.82, 2.24) is 19.9 Å². The van der Waals surface area contributed by atoms with Crippen LogP contribution in [0, 0.1) is 0 Å². The van der Waals surface area contributed by atoms with Gasteiger partial charge in [0.1, 0.15) is 0 Å². The van der Waals surface area contributed by atoms with Crippen molar-refractivity contribution in [3.8, 4) is 0 Å². The van der Waals surface area contributed by atoms with Gasteiger partial charge in [-0.15, -0.1) is 11.3 Å². The second-order valence-corrected chi connectivity index (χ2v) is 5.77. The van der Waals surface area contributed by atoms with E-state index in [4.69, 9.17) is 0 Å². The maximum Gasteiger partial charge on any atom is 0.0892 e. The van der Waals surface area contributed by atoms with Crippen LogP contribution < -0.4 is 5.32 Å². The normalized spacial score (nSPS) is 12.8. The van der Waals surface area contributed by atoms with Crippen LogP contribution in [0.1, 0.15) is 29.8 Å². The predicted octanol–water partition coefficient (Wildman–Crippen LogP) is 3.07. The maximum atomic E-state index is 4.41.